The van der Waals surface area contributed by atoms with Crippen molar-refractivity contribution in [2.45, 2.75) is 39.0 Å². The van der Waals surface area contributed by atoms with E-state index in [4.69, 9.17) is 4.74 Å². The van der Waals surface area contributed by atoms with Crippen molar-refractivity contribution in [1.82, 2.24) is 9.88 Å². The van der Waals surface area contributed by atoms with Gasteiger partial charge in [0.25, 0.3) is 5.91 Å². The van der Waals surface area contributed by atoms with E-state index in [9.17, 15) is 9.59 Å². The molecule has 1 aromatic heterocycles. The topological polar surface area (TPSA) is 74.4 Å². The van der Waals surface area contributed by atoms with Crippen molar-refractivity contribution in [3.63, 3.8) is 0 Å². The normalized spacial score (nSPS) is 15.3. The first-order valence-electron chi connectivity index (χ1n) is 16.2. The molecule has 2 amide bonds. The van der Waals surface area contributed by atoms with E-state index in [-0.39, 0.29) is 17.7 Å². The third kappa shape index (κ3) is 5.79. The molecule has 1 aliphatic rings. The van der Waals surface area contributed by atoms with E-state index in [0.29, 0.717) is 23.6 Å². The second kappa shape index (κ2) is 13.0. The highest BCUT2D eigenvalue weighted by Crippen LogP contribution is 2.47. The predicted molar refractivity (Wildman–Crippen MR) is 187 cm³/mol. The van der Waals surface area contributed by atoms with Gasteiger partial charge in [-0.05, 0) is 59.0 Å². The van der Waals surface area contributed by atoms with Gasteiger partial charge in [-0.1, -0.05) is 117 Å². The van der Waals surface area contributed by atoms with Gasteiger partial charge in [-0.2, -0.15) is 0 Å². The van der Waals surface area contributed by atoms with Crippen LogP contribution < -0.4 is 10.1 Å². The number of benzene rings is 5. The standard InChI is InChI=1S/C41H37N3O3/c1-3-27(2)38(40(45)42-30-22-24-31(25-23-30)47-26-28-14-6-4-7-15-28)44-39(32-18-10-11-19-33(32)41(44)46)36-34-20-12-13-21-35(34)43-37(36)29-16-8-5-9-17-29/h4-25,27,38-39,43H,3,26H2,1-2H3,(H,42,45). The van der Waals surface area contributed by atoms with Gasteiger partial charge < -0.3 is 19.9 Å². The van der Waals surface area contributed by atoms with Crippen LogP contribution in [0.15, 0.2) is 133 Å². The molecule has 47 heavy (non-hydrogen) atoms. The molecule has 2 heterocycles. The average Bonchev–Trinajstić information content (AvgIpc) is 3.63. The number of nitrogens with zero attached hydrogens (tertiary/aromatic N) is 1. The van der Waals surface area contributed by atoms with Gasteiger partial charge in [-0.3, -0.25) is 9.59 Å². The van der Waals surface area contributed by atoms with Crippen molar-refractivity contribution in [3.05, 3.63) is 156 Å². The molecule has 2 N–H and O–H groups in total. The number of ether oxygens (including phenoxy) is 1. The Morgan fingerprint density at radius 3 is 2.23 bits per heavy atom. The summed E-state index contributed by atoms with van der Waals surface area (Å²) in [7, 11) is 0. The van der Waals surface area contributed by atoms with Crippen LogP contribution >= 0.6 is 0 Å². The minimum Gasteiger partial charge on any atom is -0.489 e. The van der Waals surface area contributed by atoms with E-state index in [1.807, 2.05) is 121 Å². The van der Waals surface area contributed by atoms with Gasteiger partial charge in [-0.15, -0.1) is 0 Å². The van der Waals surface area contributed by atoms with Gasteiger partial charge in [0.15, 0.2) is 0 Å². The minimum atomic E-state index is -0.726. The van der Waals surface area contributed by atoms with Crippen LogP contribution in [0.5, 0.6) is 5.75 Å². The summed E-state index contributed by atoms with van der Waals surface area (Å²) in [6.07, 6.45) is 0.719. The molecule has 6 heteroatoms. The van der Waals surface area contributed by atoms with Crippen LogP contribution in [0.4, 0.5) is 5.69 Å². The molecule has 7 rings (SSSR count). The van der Waals surface area contributed by atoms with Crippen molar-refractivity contribution < 1.29 is 14.3 Å². The fourth-order valence-electron chi connectivity index (χ4n) is 6.67. The highest BCUT2D eigenvalue weighted by atomic mass is 16.5. The number of hydrogen-bond acceptors (Lipinski definition) is 3. The van der Waals surface area contributed by atoms with Crippen LogP contribution in [0.25, 0.3) is 22.2 Å². The third-order valence-electron chi connectivity index (χ3n) is 9.20. The number of hydrogen-bond donors (Lipinski definition) is 2. The van der Waals surface area contributed by atoms with Crippen LogP contribution in [0.3, 0.4) is 0 Å². The molecule has 6 nitrogen and oxygen atoms in total. The number of fused-ring (bicyclic) bond motifs is 2. The zero-order chi connectivity index (χ0) is 32.3. The van der Waals surface area contributed by atoms with Crippen LogP contribution in [0.2, 0.25) is 0 Å². The van der Waals surface area contributed by atoms with Crippen LogP contribution in [0.1, 0.15) is 53.4 Å². The molecule has 5 aromatic carbocycles. The SMILES string of the molecule is CCC(C)C(C(=O)Nc1ccc(OCc2ccccc2)cc1)N1C(=O)c2ccccc2C1c1c(-c2ccccc2)[nH]c2ccccc12. The number of H-pyrrole nitrogens is 1. The fraction of sp³-hybridized carbons (Fsp3) is 0.171. The Kier molecular flexibility index (Phi) is 8.32. The Bertz CT molecular complexity index is 2020. The minimum absolute atomic E-state index is 0.116. The van der Waals surface area contributed by atoms with E-state index < -0.39 is 12.1 Å². The van der Waals surface area contributed by atoms with Gasteiger partial charge >= 0.3 is 0 Å². The summed E-state index contributed by atoms with van der Waals surface area (Å²) in [5.41, 5.74) is 7.20. The van der Waals surface area contributed by atoms with E-state index in [1.165, 1.54) is 0 Å². The van der Waals surface area contributed by atoms with E-state index in [0.717, 1.165) is 45.3 Å². The fourth-order valence-corrected chi connectivity index (χ4v) is 6.67. The largest absolute Gasteiger partial charge is 0.489 e. The lowest BCUT2D eigenvalue weighted by atomic mass is 9.90. The summed E-state index contributed by atoms with van der Waals surface area (Å²) < 4.78 is 5.96. The maximum Gasteiger partial charge on any atom is 0.255 e. The van der Waals surface area contributed by atoms with Crippen molar-refractivity contribution in [1.29, 1.82) is 0 Å². The molecule has 0 radical (unpaired) electrons. The second-order valence-corrected chi connectivity index (χ2v) is 12.1. The van der Waals surface area contributed by atoms with Crippen LogP contribution in [0, 0.1) is 5.92 Å². The monoisotopic (exact) mass is 619 g/mol. The number of anilines is 1. The lowest BCUT2D eigenvalue weighted by molar-refractivity contribution is -0.122. The van der Waals surface area contributed by atoms with Gasteiger partial charge in [0, 0.05) is 27.7 Å². The quantitative estimate of drug-likeness (QED) is 0.161. The number of carbonyl (C=O) groups is 2. The van der Waals surface area contributed by atoms with Gasteiger partial charge in [0.2, 0.25) is 5.91 Å². The molecular weight excluding hydrogens is 582 g/mol. The van der Waals surface area contributed by atoms with Crippen molar-refractivity contribution >= 4 is 28.4 Å². The number of nitrogens with one attached hydrogen (secondary N) is 2. The molecule has 3 unspecified atom stereocenters. The highest BCUT2D eigenvalue weighted by Gasteiger charge is 2.47. The maximum atomic E-state index is 14.5. The molecule has 0 spiro atoms. The van der Waals surface area contributed by atoms with Crippen LogP contribution in [-0.4, -0.2) is 27.7 Å². The lowest BCUT2D eigenvalue weighted by Gasteiger charge is -2.36. The summed E-state index contributed by atoms with van der Waals surface area (Å²) in [6, 6.07) is 42.3. The molecule has 6 aromatic rings. The third-order valence-corrected chi connectivity index (χ3v) is 9.20. The van der Waals surface area contributed by atoms with Crippen molar-refractivity contribution in [2.24, 2.45) is 5.92 Å². The molecule has 0 bridgehead atoms. The summed E-state index contributed by atoms with van der Waals surface area (Å²) in [5, 5.41) is 4.16. The first-order valence-corrected chi connectivity index (χ1v) is 16.2. The molecule has 0 saturated carbocycles. The molecule has 0 fully saturated rings. The molecule has 0 saturated heterocycles. The Morgan fingerprint density at radius 2 is 1.49 bits per heavy atom. The summed E-state index contributed by atoms with van der Waals surface area (Å²) >= 11 is 0. The van der Waals surface area contributed by atoms with Crippen molar-refractivity contribution in [2.75, 3.05) is 5.32 Å². The van der Waals surface area contributed by atoms with E-state index >= 15 is 0 Å². The maximum absolute atomic E-state index is 14.5. The van der Waals surface area contributed by atoms with Crippen molar-refractivity contribution in [3.8, 4) is 17.0 Å². The second-order valence-electron chi connectivity index (χ2n) is 12.1. The molecule has 1 aliphatic heterocycles. The van der Waals surface area contributed by atoms with Gasteiger partial charge in [0.1, 0.15) is 18.4 Å². The Hall–Kier alpha value is -5.62. The zero-order valence-corrected chi connectivity index (χ0v) is 26.5. The van der Waals surface area contributed by atoms with Gasteiger partial charge in [-0.25, -0.2) is 0 Å². The predicted octanol–water partition coefficient (Wildman–Crippen LogP) is 9.01. The zero-order valence-electron chi connectivity index (χ0n) is 26.5. The highest BCUT2D eigenvalue weighted by molar-refractivity contribution is 6.06. The van der Waals surface area contributed by atoms with E-state index in [2.05, 4.69) is 41.5 Å². The molecule has 3 atom stereocenters. The number of aromatic nitrogens is 1. The van der Waals surface area contributed by atoms with E-state index in [1.54, 1.807) is 0 Å². The van der Waals surface area contributed by atoms with Gasteiger partial charge in [0.05, 0.1) is 11.7 Å². The molecular formula is C41H37N3O3. The summed E-state index contributed by atoms with van der Waals surface area (Å²) in [4.78, 5) is 34.3. The number of amides is 2. The average molecular weight is 620 g/mol. The first-order chi connectivity index (χ1) is 23.0. The number of para-hydroxylation sites is 1. The summed E-state index contributed by atoms with van der Waals surface area (Å²) in [6.45, 7) is 4.57. The smallest absolute Gasteiger partial charge is 0.255 e. The number of carbonyl (C=O) groups excluding carboxylic acids is 2. The molecule has 0 aliphatic carbocycles. The Labute approximate surface area is 275 Å². The Balaban J connectivity index is 1.26. The summed E-state index contributed by atoms with van der Waals surface area (Å²) in [5.74, 6) is 0.238. The lowest BCUT2D eigenvalue weighted by Crippen LogP contribution is -2.50. The Morgan fingerprint density at radius 1 is 0.830 bits per heavy atom. The number of aromatic amines is 1. The first kappa shape index (κ1) is 30.1. The molecule has 234 valence electrons. The number of rotatable bonds is 10. The van der Waals surface area contributed by atoms with Crippen LogP contribution in [-0.2, 0) is 11.4 Å².